The first kappa shape index (κ1) is 8.71. The molecule has 0 aromatic carbocycles. The summed E-state index contributed by atoms with van der Waals surface area (Å²) in [6.45, 7) is 5.26. The zero-order valence-corrected chi connectivity index (χ0v) is 7.38. The number of pyridine rings is 1. The number of aryl methyl sites for hydroxylation is 2. The Morgan fingerprint density at radius 2 is 1.83 bits per heavy atom. The fourth-order valence-electron chi connectivity index (χ4n) is 1.10. The zero-order valence-electron chi connectivity index (χ0n) is 7.38. The highest BCUT2D eigenvalue weighted by Gasteiger charge is 2.10. The van der Waals surface area contributed by atoms with Crippen molar-refractivity contribution in [2.45, 2.75) is 20.8 Å². The summed E-state index contributed by atoms with van der Waals surface area (Å²) in [4.78, 5) is 14.6. The van der Waals surface area contributed by atoms with Crippen LogP contribution in [-0.2, 0) is 0 Å². The van der Waals surface area contributed by atoms with Gasteiger partial charge in [0.05, 0.1) is 11.3 Å². The first-order chi connectivity index (χ1) is 5.57. The van der Waals surface area contributed by atoms with Gasteiger partial charge in [-0.15, -0.1) is 0 Å². The van der Waals surface area contributed by atoms with Crippen LogP contribution in [0.4, 0.5) is 0 Å². The van der Waals surface area contributed by atoms with Crippen molar-refractivity contribution < 1.29 is 9.90 Å². The maximum absolute atomic E-state index is 10.6. The summed E-state index contributed by atoms with van der Waals surface area (Å²) in [5, 5.41) is 9.41. The van der Waals surface area contributed by atoms with Crippen LogP contribution in [-0.4, -0.2) is 16.4 Å². The number of rotatable bonds is 1. The van der Waals surface area contributed by atoms with Crippen LogP contribution in [0.1, 0.15) is 27.3 Å². The van der Waals surface area contributed by atoms with E-state index in [0.717, 1.165) is 11.3 Å². The van der Waals surface area contributed by atoms with Gasteiger partial charge in [0.25, 0.3) is 0 Å². The van der Waals surface area contributed by atoms with Crippen molar-refractivity contribution in [3.05, 3.63) is 22.5 Å². The molecule has 0 saturated heterocycles. The van der Waals surface area contributed by atoms with E-state index < -0.39 is 0 Å². The second kappa shape index (κ2) is 2.93. The lowest BCUT2D eigenvalue weighted by molar-refractivity contribution is 0.112. The minimum absolute atomic E-state index is 0.00639. The van der Waals surface area contributed by atoms with E-state index in [1.165, 1.54) is 0 Å². The Hall–Kier alpha value is -1.38. The summed E-state index contributed by atoms with van der Waals surface area (Å²) in [7, 11) is 0. The second-order valence-electron chi connectivity index (χ2n) is 2.79. The van der Waals surface area contributed by atoms with E-state index in [2.05, 4.69) is 4.98 Å². The van der Waals surface area contributed by atoms with Crippen molar-refractivity contribution in [3.63, 3.8) is 0 Å². The molecule has 0 fully saturated rings. The molecule has 1 aromatic rings. The van der Waals surface area contributed by atoms with Gasteiger partial charge in [0.2, 0.25) is 0 Å². The SMILES string of the molecule is Cc1nc(C)c(O)c(C=O)c1C. The van der Waals surface area contributed by atoms with Gasteiger partial charge in [0, 0.05) is 5.69 Å². The highest BCUT2D eigenvalue weighted by atomic mass is 16.3. The van der Waals surface area contributed by atoms with Crippen molar-refractivity contribution in [1.29, 1.82) is 0 Å². The molecule has 3 heteroatoms. The van der Waals surface area contributed by atoms with Gasteiger partial charge in [-0.2, -0.15) is 0 Å². The topological polar surface area (TPSA) is 50.2 Å². The minimum Gasteiger partial charge on any atom is -0.505 e. The van der Waals surface area contributed by atoms with Crippen molar-refractivity contribution in [1.82, 2.24) is 4.98 Å². The molecule has 0 aliphatic heterocycles. The number of carbonyl (C=O) groups is 1. The van der Waals surface area contributed by atoms with Crippen LogP contribution in [0.3, 0.4) is 0 Å². The van der Waals surface area contributed by atoms with E-state index in [0.29, 0.717) is 17.5 Å². The monoisotopic (exact) mass is 165 g/mol. The third kappa shape index (κ3) is 1.18. The lowest BCUT2D eigenvalue weighted by Crippen LogP contribution is -1.97. The molecule has 64 valence electrons. The Kier molecular flexibility index (Phi) is 2.13. The number of carbonyl (C=O) groups excluding carboxylic acids is 1. The van der Waals surface area contributed by atoms with Gasteiger partial charge in [-0.3, -0.25) is 9.78 Å². The van der Waals surface area contributed by atoms with E-state index >= 15 is 0 Å². The summed E-state index contributed by atoms with van der Waals surface area (Å²) in [6, 6.07) is 0. The largest absolute Gasteiger partial charge is 0.505 e. The predicted octanol–water partition coefficient (Wildman–Crippen LogP) is 1.52. The summed E-state index contributed by atoms with van der Waals surface area (Å²) >= 11 is 0. The Labute approximate surface area is 71.1 Å². The highest BCUT2D eigenvalue weighted by molar-refractivity contribution is 5.82. The molecule has 0 radical (unpaired) electrons. The van der Waals surface area contributed by atoms with Gasteiger partial charge >= 0.3 is 0 Å². The number of hydrogen-bond donors (Lipinski definition) is 1. The van der Waals surface area contributed by atoms with Crippen molar-refractivity contribution in [2.75, 3.05) is 0 Å². The van der Waals surface area contributed by atoms with E-state index in [9.17, 15) is 9.90 Å². The number of aromatic hydroxyl groups is 1. The molecule has 0 spiro atoms. The van der Waals surface area contributed by atoms with Gasteiger partial charge in [-0.05, 0) is 26.3 Å². The summed E-state index contributed by atoms with van der Waals surface area (Å²) < 4.78 is 0. The van der Waals surface area contributed by atoms with E-state index in [4.69, 9.17) is 0 Å². The Morgan fingerprint density at radius 3 is 2.33 bits per heavy atom. The Balaban J connectivity index is 3.52. The van der Waals surface area contributed by atoms with Crippen LogP contribution < -0.4 is 0 Å². The smallest absolute Gasteiger partial charge is 0.154 e. The molecule has 1 heterocycles. The van der Waals surface area contributed by atoms with Crippen LogP contribution in [0.2, 0.25) is 0 Å². The quantitative estimate of drug-likeness (QED) is 0.642. The minimum atomic E-state index is -0.00639. The standard InChI is InChI=1S/C9H11NO2/c1-5-6(2)10-7(3)9(12)8(5)4-11/h4,12H,1-3H3. The highest BCUT2D eigenvalue weighted by Crippen LogP contribution is 2.23. The molecule has 0 amide bonds. The molecule has 3 nitrogen and oxygen atoms in total. The maximum atomic E-state index is 10.6. The molecule has 1 rings (SSSR count). The zero-order chi connectivity index (χ0) is 9.30. The normalized spacial score (nSPS) is 9.92. The van der Waals surface area contributed by atoms with Crippen molar-refractivity contribution in [2.24, 2.45) is 0 Å². The fraction of sp³-hybridized carbons (Fsp3) is 0.333. The van der Waals surface area contributed by atoms with Crippen molar-refractivity contribution in [3.8, 4) is 5.75 Å². The van der Waals surface area contributed by atoms with Gasteiger partial charge < -0.3 is 5.11 Å². The number of aldehydes is 1. The molecular weight excluding hydrogens is 154 g/mol. The Bertz CT molecular complexity index is 306. The lowest BCUT2D eigenvalue weighted by atomic mass is 10.1. The second-order valence-corrected chi connectivity index (χ2v) is 2.79. The summed E-state index contributed by atoms with van der Waals surface area (Å²) in [5.74, 6) is -0.00639. The average Bonchev–Trinajstić information content (AvgIpc) is 2.02. The molecule has 1 N–H and O–H groups in total. The number of aromatic nitrogens is 1. The number of hydrogen-bond acceptors (Lipinski definition) is 3. The average molecular weight is 165 g/mol. The molecule has 0 saturated carbocycles. The molecule has 1 aromatic heterocycles. The van der Waals surface area contributed by atoms with Crippen molar-refractivity contribution >= 4 is 6.29 Å². The van der Waals surface area contributed by atoms with Crippen LogP contribution in [0, 0.1) is 20.8 Å². The van der Waals surface area contributed by atoms with Gasteiger partial charge in [-0.1, -0.05) is 0 Å². The first-order valence-corrected chi connectivity index (χ1v) is 3.70. The Morgan fingerprint density at radius 1 is 1.25 bits per heavy atom. The van der Waals surface area contributed by atoms with Crippen LogP contribution in [0.25, 0.3) is 0 Å². The molecule has 12 heavy (non-hydrogen) atoms. The maximum Gasteiger partial charge on any atom is 0.154 e. The summed E-state index contributed by atoms with van der Waals surface area (Å²) in [6.07, 6.45) is 0.659. The van der Waals surface area contributed by atoms with Gasteiger partial charge in [0.1, 0.15) is 5.75 Å². The summed E-state index contributed by atoms with van der Waals surface area (Å²) in [5.41, 5.74) is 2.38. The number of nitrogens with zero attached hydrogens (tertiary/aromatic N) is 1. The van der Waals surface area contributed by atoms with Crippen LogP contribution in [0.15, 0.2) is 0 Å². The van der Waals surface area contributed by atoms with Crippen LogP contribution in [0.5, 0.6) is 5.75 Å². The van der Waals surface area contributed by atoms with Crippen LogP contribution >= 0.6 is 0 Å². The first-order valence-electron chi connectivity index (χ1n) is 3.70. The molecule has 0 aliphatic carbocycles. The lowest BCUT2D eigenvalue weighted by Gasteiger charge is -2.07. The molecule has 0 aliphatic rings. The third-order valence-electron chi connectivity index (χ3n) is 2.00. The third-order valence-corrected chi connectivity index (χ3v) is 2.00. The molecular formula is C9H11NO2. The van der Waals surface area contributed by atoms with Gasteiger partial charge in [-0.25, -0.2) is 0 Å². The predicted molar refractivity (Wildman–Crippen MR) is 45.5 cm³/mol. The molecule has 0 bridgehead atoms. The van der Waals surface area contributed by atoms with E-state index in [1.807, 2.05) is 6.92 Å². The fourth-order valence-corrected chi connectivity index (χ4v) is 1.10. The van der Waals surface area contributed by atoms with Gasteiger partial charge in [0.15, 0.2) is 6.29 Å². The molecule has 0 atom stereocenters. The molecule has 0 unspecified atom stereocenters. The van der Waals surface area contributed by atoms with E-state index in [-0.39, 0.29) is 5.75 Å². The van der Waals surface area contributed by atoms with E-state index in [1.54, 1.807) is 13.8 Å².